The molecule has 0 saturated heterocycles. The van der Waals surface area contributed by atoms with Crippen LogP contribution in [0.2, 0.25) is 0 Å². The summed E-state index contributed by atoms with van der Waals surface area (Å²) in [6, 6.07) is 4.01. The average Bonchev–Trinajstić information content (AvgIpc) is 2.19. The largest absolute Gasteiger partial charge is 0.508 e. The average molecular weight is 259 g/mol. The van der Waals surface area contributed by atoms with E-state index in [4.69, 9.17) is 0 Å². The molecule has 0 aliphatic heterocycles. The van der Waals surface area contributed by atoms with Crippen LogP contribution in [-0.4, -0.2) is 37.2 Å². The topological polar surface area (TPSA) is 86.6 Å². The van der Waals surface area contributed by atoms with E-state index in [1.807, 2.05) is 0 Å². The molecular weight excluding hydrogens is 242 g/mol. The van der Waals surface area contributed by atoms with Crippen LogP contribution in [0.4, 0.5) is 0 Å². The second-order valence-corrected chi connectivity index (χ2v) is 6.31. The molecule has 0 saturated carbocycles. The number of hydrogen-bond donors (Lipinski definition) is 3. The minimum atomic E-state index is -2.99. The smallest absolute Gasteiger partial charge is 0.148 e. The van der Waals surface area contributed by atoms with Crippen LogP contribution in [0.3, 0.4) is 0 Å². The first kappa shape index (κ1) is 13.8. The van der Waals surface area contributed by atoms with Gasteiger partial charge in [-0.1, -0.05) is 0 Å². The highest BCUT2D eigenvalue weighted by Gasteiger charge is 2.11. The van der Waals surface area contributed by atoms with E-state index in [2.05, 4.69) is 5.32 Å². The molecule has 6 heteroatoms. The number of aromatic hydroxyl groups is 2. The van der Waals surface area contributed by atoms with Crippen molar-refractivity contribution in [2.45, 2.75) is 13.0 Å². The van der Waals surface area contributed by atoms with Gasteiger partial charge < -0.3 is 15.5 Å². The molecule has 0 aliphatic rings. The van der Waals surface area contributed by atoms with Crippen molar-refractivity contribution in [3.63, 3.8) is 0 Å². The SMILES string of the molecule is CC(NCCS(C)(=O)=O)c1cc(O)ccc1O. The Balaban J connectivity index is 2.64. The minimum Gasteiger partial charge on any atom is -0.508 e. The molecule has 0 aromatic heterocycles. The molecule has 0 spiro atoms. The van der Waals surface area contributed by atoms with Gasteiger partial charge in [-0.15, -0.1) is 0 Å². The minimum absolute atomic E-state index is 0.0386. The molecule has 0 radical (unpaired) electrons. The van der Waals surface area contributed by atoms with Crippen molar-refractivity contribution in [3.05, 3.63) is 23.8 Å². The normalized spacial score (nSPS) is 13.5. The molecule has 0 bridgehead atoms. The van der Waals surface area contributed by atoms with Crippen LogP contribution in [0.15, 0.2) is 18.2 Å². The van der Waals surface area contributed by atoms with Gasteiger partial charge in [-0.25, -0.2) is 8.42 Å². The van der Waals surface area contributed by atoms with Crippen LogP contribution < -0.4 is 5.32 Å². The maximum Gasteiger partial charge on any atom is 0.148 e. The van der Waals surface area contributed by atoms with Gasteiger partial charge in [0, 0.05) is 24.4 Å². The van der Waals surface area contributed by atoms with Crippen LogP contribution in [-0.2, 0) is 9.84 Å². The first-order valence-electron chi connectivity index (χ1n) is 5.22. The van der Waals surface area contributed by atoms with Crippen LogP contribution in [0.25, 0.3) is 0 Å². The Morgan fingerprint density at radius 2 is 2.00 bits per heavy atom. The lowest BCUT2D eigenvalue weighted by molar-refractivity contribution is 0.442. The second kappa shape index (κ2) is 5.37. The van der Waals surface area contributed by atoms with Gasteiger partial charge in [-0.2, -0.15) is 0 Å². The molecule has 1 aromatic carbocycles. The van der Waals surface area contributed by atoms with Gasteiger partial charge in [0.1, 0.15) is 21.3 Å². The van der Waals surface area contributed by atoms with Crippen LogP contribution in [0.1, 0.15) is 18.5 Å². The summed E-state index contributed by atoms with van der Waals surface area (Å²) in [5, 5.41) is 21.9. The summed E-state index contributed by atoms with van der Waals surface area (Å²) < 4.78 is 21.9. The standard InChI is InChI=1S/C11H17NO4S/c1-8(12-5-6-17(2,15)16)10-7-9(13)3-4-11(10)14/h3-4,7-8,12-14H,5-6H2,1-2H3. The molecule has 0 heterocycles. The lowest BCUT2D eigenvalue weighted by Gasteiger charge is -2.15. The number of rotatable bonds is 5. The van der Waals surface area contributed by atoms with E-state index >= 15 is 0 Å². The number of benzene rings is 1. The van der Waals surface area contributed by atoms with E-state index in [1.165, 1.54) is 24.5 Å². The molecule has 1 rings (SSSR count). The van der Waals surface area contributed by atoms with E-state index in [0.29, 0.717) is 12.1 Å². The Kier molecular flexibility index (Phi) is 4.36. The highest BCUT2D eigenvalue weighted by atomic mass is 32.2. The molecule has 3 N–H and O–H groups in total. The molecule has 5 nitrogen and oxygen atoms in total. The van der Waals surface area contributed by atoms with E-state index in [0.717, 1.165) is 0 Å². The van der Waals surface area contributed by atoms with Crippen LogP contribution in [0.5, 0.6) is 11.5 Å². The monoisotopic (exact) mass is 259 g/mol. The summed E-state index contributed by atoms with van der Waals surface area (Å²) in [6.07, 6.45) is 1.17. The first-order chi connectivity index (χ1) is 7.79. The summed E-state index contributed by atoms with van der Waals surface area (Å²) in [4.78, 5) is 0. The van der Waals surface area contributed by atoms with Crippen LogP contribution in [0, 0.1) is 0 Å². The van der Waals surface area contributed by atoms with Gasteiger partial charge in [0.15, 0.2) is 0 Å². The highest BCUT2D eigenvalue weighted by Crippen LogP contribution is 2.27. The molecule has 0 aliphatic carbocycles. The van der Waals surface area contributed by atoms with Crippen molar-refractivity contribution in [3.8, 4) is 11.5 Å². The zero-order valence-corrected chi connectivity index (χ0v) is 10.7. The highest BCUT2D eigenvalue weighted by molar-refractivity contribution is 7.90. The summed E-state index contributed by atoms with van der Waals surface area (Å²) in [6.45, 7) is 2.09. The van der Waals surface area contributed by atoms with Gasteiger partial charge in [0.05, 0.1) is 5.75 Å². The zero-order valence-electron chi connectivity index (χ0n) is 9.84. The Bertz CT molecular complexity index is 484. The van der Waals surface area contributed by atoms with E-state index in [1.54, 1.807) is 6.92 Å². The third-order valence-electron chi connectivity index (χ3n) is 2.40. The number of phenols is 2. The molecule has 0 fully saturated rings. The molecule has 1 aromatic rings. The van der Waals surface area contributed by atoms with E-state index < -0.39 is 9.84 Å². The predicted octanol–water partition coefficient (Wildman–Crippen LogP) is 0.793. The molecule has 17 heavy (non-hydrogen) atoms. The number of nitrogens with one attached hydrogen (secondary N) is 1. The fraction of sp³-hybridized carbons (Fsp3) is 0.455. The van der Waals surface area contributed by atoms with Crippen molar-refractivity contribution < 1.29 is 18.6 Å². The van der Waals surface area contributed by atoms with E-state index in [9.17, 15) is 18.6 Å². The van der Waals surface area contributed by atoms with E-state index in [-0.39, 0.29) is 23.3 Å². The maximum atomic E-state index is 10.9. The van der Waals surface area contributed by atoms with Crippen molar-refractivity contribution in [2.24, 2.45) is 0 Å². The van der Waals surface area contributed by atoms with Crippen molar-refractivity contribution in [1.29, 1.82) is 0 Å². The first-order valence-corrected chi connectivity index (χ1v) is 7.28. The number of sulfone groups is 1. The van der Waals surface area contributed by atoms with Gasteiger partial charge in [0.2, 0.25) is 0 Å². The lowest BCUT2D eigenvalue weighted by atomic mass is 10.1. The molecular formula is C11H17NO4S. The number of hydrogen-bond acceptors (Lipinski definition) is 5. The fourth-order valence-corrected chi connectivity index (χ4v) is 1.95. The Hall–Kier alpha value is -1.27. The van der Waals surface area contributed by atoms with Crippen molar-refractivity contribution in [2.75, 3.05) is 18.6 Å². The molecule has 1 unspecified atom stereocenters. The van der Waals surface area contributed by atoms with Gasteiger partial charge in [-0.3, -0.25) is 0 Å². The summed E-state index contributed by atoms with van der Waals surface area (Å²) >= 11 is 0. The van der Waals surface area contributed by atoms with Crippen molar-refractivity contribution >= 4 is 9.84 Å². The van der Waals surface area contributed by atoms with Gasteiger partial charge >= 0.3 is 0 Å². The zero-order chi connectivity index (χ0) is 13.1. The molecule has 1 atom stereocenters. The van der Waals surface area contributed by atoms with Crippen molar-refractivity contribution in [1.82, 2.24) is 5.32 Å². The molecule has 96 valence electrons. The van der Waals surface area contributed by atoms with Gasteiger partial charge in [0.25, 0.3) is 0 Å². The fourth-order valence-electron chi connectivity index (χ4n) is 1.46. The second-order valence-electron chi connectivity index (χ2n) is 4.05. The van der Waals surface area contributed by atoms with Crippen LogP contribution >= 0.6 is 0 Å². The maximum absolute atomic E-state index is 10.9. The van der Waals surface area contributed by atoms with Gasteiger partial charge in [-0.05, 0) is 25.1 Å². The third-order valence-corrected chi connectivity index (χ3v) is 3.35. The summed E-state index contributed by atoms with van der Waals surface area (Å²) in [7, 11) is -2.99. The molecule has 0 amide bonds. The Morgan fingerprint density at radius 3 is 2.59 bits per heavy atom. The lowest BCUT2D eigenvalue weighted by Crippen LogP contribution is -2.25. The third kappa shape index (κ3) is 4.62. The Morgan fingerprint density at radius 1 is 1.35 bits per heavy atom. The summed E-state index contributed by atoms with van der Waals surface area (Å²) in [5.41, 5.74) is 0.540. The quantitative estimate of drug-likeness (QED) is 0.681. The number of phenolic OH excluding ortho intramolecular Hbond substituents is 2. The predicted molar refractivity (Wildman–Crippen MR) is 65.9 cm³/mol. The summed E-state index contributed by atoms with van der Waals surface area (Å²) in [5.74, 6) is 0.174. The Labute approximate surface area is 101 Å².